The fourth-order valence-corrected chi connectivity index (χ4v) is 1.40. The van der Waals surface area contributed by atoms with Gasteiger partial charge >= 0.3 is 5.97 Å². The summed E-state index contributed by atoms with van der Waals surface area (Å²) in [6, 6.07) is 2.97. The van der Waals surface area contributed by atoms with E-state index in [2.05, 4.69) is 20.7 Å². The largest absolute Gasteiger partial charge is 0.477 e. The number of aromatic carboxylic acids is 1. The van der Waals surface area contributed by atoms with Crippen LogP contribution in [0.25, 0.3) is 0 Å². The molecule has 0 radical (unpaired) electrons. The zero-order chi connectivity index (χ0) is 13.1. The summed E-state index contributed by atoms with van der Waals surface area (Å²) in [6.07, 6.45) is 1.51. The van der Waals surface area contributed by atoms with Crippen LogP contribution in [0.3, 0.4) is 0 Å². The third-order valence-electron chi connectivity index (χ3n) is 2.12. The number of carboxylic acids is 1. The van der Waals surface area contributed by atoms with Crippen molar-refractivity contribution < 1.29 is 14.7 Å². The Balaban J connectivity index is 2.03. The van der Waals surface area contributed by atoms with Crippen LogP contribution in [0.2, 0.25) is 0 Å². The van der Waals surface area contributed by atoms with Crippen molar-refractivity contribution in [2.45, 2.75) is 6.54 Å². The fourth-order valence-electron chi connectivity index (χ4n) is 1.40. The van der Waals surface area contributed by atoms with E-state index in [0.29, 0.717) is 0 Å². The molecule has 2 aromatic rings. The van der Waals surface area contributed by atoms with E-state index in [1.165, 1.54) is 21.6 Å². The van der Waals surface area contributed by atoms with Crippen molar-refractivity contribution in [3.63, 3.8) is 0 Å². The molecule has 2 heterocycles. The number of hydrogen-bond donors (Lipinski definition) is 2. The van der Waals surface area contributed by atoms with E-state index in [1.807, 2.05) is 0 Å². The number of aromatic nitrogens is 5. The van der Waals surface area contributed by atoms with E-state index in [0.717, 1.165) is 0 Å². The maximum absolute atomic E-state index is 11.6. The van der Waals surface area contributed by atoms with E-state index in [-0.39, 0.29) is 18.2 Å². The first-order valence-corrected chi connectivity index (χ1v) is 4.98. The van der Waals surface area contributed by atoms with Gasteiger partial charge in [-0.2, -0.15) is 4.80 Å². The Hall–Kier alpha value is -2.71. The lowest BCUT2D eigenvalue weighted by Crippen LogP contribution is -2.21. The highest BCUT2D eigenvalue weighted by Crippen LogP contribution is 2.03. The number of amides is 1. The number of hydrogen-bond acceptors (Lipinski definition) is 5. The Kier molecular flexibility index (Phi) is 3.04. The van der Waals surface area contributed by atoms with E-state index in [1.54, 1.807) is 13.1 Å². The molecule has 0 saturated heterocycles. The molecule has 0 aliphatic rings. The van der Waals surface area contributed by atoms with Gasteiger partial charge in [0.2, 0.25) is 5.91 Å². The van der Waals surface area contributed by atoms with Crippen LogP contribution in [-0.4, -0.2) is 41.8 Å². The quantitative estimate of drug-likeness (QED) is 0.745. The number of rotatable bonds is 4. The lowest BCUT2D eigenvalue weighted by atomic mass is 10.4. The van der Waals surface area contributed by atoms with E-state index >= 15 is 0 Å². The minimum absolute atomic E-state index is 0.0391. The molecule has 0 atom stereocenters. The number of carboxylic acid groups (broad SMARTS) is 1. The Morgan fingerprint density at radius 1 is 1.50 bits per heavy atom. The average molecular weight is 250 g/mol. The predicted octanol–water partition coefficient (Wildman–Crippen LogP) is -0.652. The van der Waals surface area contributed by atoms with Crippen LogP contribution in [-0.2, 0) is 18.4 Å². The molecule has 0 spiro atoms. The molecule has 0 aromatic carbocycles. The maximum Gasteiger partial charge on any atom is 0.352 e. The second-order valence-electron chi connectivity index (χ2n) is 3.48. The van der Waals surface area contributed by atoms with E-state index in [4.69, 9.17) is 5.11 Å². The van der Waals surface area contributed by atoms with Crippen molar-refractivity contribution in [2.75, 3.05) is 5.32 Å². The molecule has 0 aliphatic carbocycles. The molecule has 9 nitrogen and oxygen atoms in total. The van der Waals surface area contributed by atoms with Crippen molar-refractivity contribution in [2.24, 2.45) is 7.05 Å². The lowest BCUT2D eigenvalue weighted by molar-refractivity contribution is -0.116. The summed E-state index contributed by atoms with van der Waals surface area (Å²) in [6.45, 7) is -0.132. The van der Waals surface area contributed by atoms with Gasteiger partial charge in [-0.3, -0.25) is 10.1 Å². The summed E-state index contributed by atoms with van der Waals surface area (Å²) < 4.78 is 1.31. The topological polar surface area (TPSA) is 115 Å². The Labute approximate surface area is 101 Å². The number of tetrazole rings is 1. The molecule has 0 fully saturated rings. The van der Waals surface area contributed by atoms with Crippen LogP contribution in [0.15, 0.2) is 18.3 Å². The van der Waals surface area contributed by atoms with E-state index in [9.17, 15) is 9.59 Å². The molecule has 0 unspecified atom stereocenters. The van der Waals surface area contributed by atoms with Crippen LogP contribution >= 0.6 is 0 Å². The molecule has 2 aromatic heterocycles. The van der Waals surface area contributed by atoms with Gasteiger partial charge in [0.05, 0.1) is 7.05 Å². The highest BCUT2D eigenvalue weighted by Gasteiger charge is 2.12. The van der Waals surface area contributed by atoms with E-state index < -0.39 is 11.9 Å². The summed E-state index contributed by atoms with van der Waals surface area (Å²) in [7, 11) is 1.57. The number of nitrogens with zero attached hydrogens (tertiary/aromatic N) is 5. The number of aryl methyl sites for hydroxylation is 1. The van der Waals surface area contributed by atoms with Gasteiger partial charge in [-0.05, 0) is 17.3 Å². The van der Waals surface area contributed by atoms with Crippen LogP contribution < -0.4 is 5.32 Å². The summed E-state index contributed by atoms with van der Waals surface area (Å²) >= 11 is 0. The first-order valence-electron chi connectivity index (χ1n) is 4.98. The van der Waals surface area contributed by atoms with Gasteiger partial charge in [0.1, 0.15) is 12.2 Å². The molecule has 0 bridgehead atoms. The normalized spacial score (nSPS) is 10.3. The Morgan fingerprint density at radius 2 is 2.28 bits per heavy atom. The zero-order valence-corrected chi connectivity index (χ0v) is 9.44. The smallest absolute Gasteiger partial charge is 0.352 e. The van der Waals surface area contributed by atoms with Gasteiger partial charge in [0.15, 0.2) is 0 Å². The van der Waals surface area contributed by atoms with Crippen LogP contribution in [0.4, 0.5) is 5.95 Å². The fraction of sp³-hybridized carbons (Fsp3) is 0.222. The molecule has 0 saturated carbocycles. The van der Waals surface area contributed by atoms with Gasteiger partial charge in [-0.15, -0.1) is 5.10 Å². The summed E-state index contributed by atoms with van der Waals surface area (Å²) in [5.74, 6) is -1.45. The molecule has 0 aliphatic heterocycles. The number of anilines is 1. The second kappa shape index (κ2) is 4.65. The maximum atomic E-state index is 11.6. The second-order valence-corrected chi connectivity index (χ2v) is 3.48. The van der Waals surface area contributed by atoms with Gasteiger partial charge in [-0.25, -0.2) is 4.79 Å². The molecular formula is C9H10N6O3. The first-order chi connectivity index (χ1) is 8.56. The van der Waals surface area contributed by atoms with Crippen molar-refractivity contribution in [1.82, 2.24) is 24.8 Å². The minimum atomic E-state index is -1.09. The van der Waals surface area contributed by atoms with Gasteiger partial charge in [0, 0.05) is 6.20 Å². The third-order valence-corrected chi connectivity index (χ3v) is 2.12. The van der Waals surface area contributed by atoms with Crippen LogP contribution in [0, 0.1) is 0 Å². The zero-order valence-electron chi connectivity index (χ0n) is 9.44. The van der Waals surface area contributed by atoms with Crippen molar-refractivity contribution in [3.05, 3.63) is 24.0 Å². The Morgan fingerprint density at radius 3 is 2.89 bits per heavy atom. The summed E-state index contributed by atoms with van der Waals surface area (Å²) in [5.41, 5.74) is 0.0391. The molecule has 1 amide bonds. The highest BCUT2D eigenvalue weighted by molar-refractivity contribution is 5.90. The van der Waals surface area contributed by atoms with Crippen molar-refractivity contribution >= 4 is 17.8 Å². The van der Waals surface area contributed by atoms with Crippen LogP contribution in [0.5, 0.6) is 0 Å². The van der Waals surface area contributed by atoms with Crippen molar-refractivity contribution in [3.8, 4) is 0 Å². The minimum Gasteiger partial charge on any atom is -0.477 e. The SMILES string of the molecule is Cn1nnc(NC(=O)Cn2cccc2C(=O)O)n1. The van der Waals surface area contributed by atoms with Crippen molar-refractivity contribution in [1.29, 1.82) is 0 Å². The highest BCUT2D eigenvalue weighted by atomic mass is 16.4. The summed E-state index contributed by atoms with van der Waals surface area (Å²) in [4.78, 5) is 23.7. The molecular weight excluding hydrogens is 240 g/mol. The predicted molar refractivity (Wildman–Crippen MR) is 58.8 cm³/mol. The Bertz CT molecular complexity index is 587. The molecule has 2 rings (SSSR count). The average Bonchev–Trinajstić information content (AvgIpc) is 2.87. The van der Waals surface area contributed by atoms with Crippen LogP contribution in [0.1, 0.15) is 10.5 Å². The molecule has 18 heavy (non-hydrogen) atoms. The lowest BCUT2D eigenvalue weighted by Gasteiger charge is -2.04. The number of nitrogens with one attached hydrogen (secondary N) is 1. The number of carbonyl (C=O) groups excluding carboxylic acids is 1. The molecule has 2 N–H and O–H groups in total. The first kappa shape index (κ1) is 11.8. The molecule has 94 valence electrons. The standard InChI is InChI=1S/C9H10N6O3/c1-14-12-9(11-13-14)10-7(16)5-15-4-2-3-6(15)8(17)18/h2-4H,5H2,1H3,(H,17,18)(H,10,12,16). The van der Waals surface area contributed by atoms with Gasteiger partial charge in [-0.1, -0.05) is 5.10 Å². The number of carbonyl (C=O) groups is 2. The third kappa shape index (κ3) is 2.51. The monoisotopic (exact) mass is 250 g/mol. The molecule has 9 heteroatoms. The van der Waals surface area contributed by atoms with Gasteiger partial charge in [0.25, 0.3) is 5.95 Å². The van der Waals surface area contributed by atoms with Gasteiger partial charge < -0.3 is 9.67 Å². The summed E-state index contributed by atoms with van der Waals surface area (Å²) in [5, 5.41) is 22.2.